The zero-order chi connectivity index (χ0) is 22.1. The van der Waals surface area contributed by atoms with E-state index in [1.807, 2.05) is 41.8 Å². The molecule has 1 saturated heterocycles. The van der Waals surface area contributed by atoms with Gasteiger partial charge in [0.25, 0.3) is 5.56 Å². The average Bonchev–Trinajstić information content (AvgIpc) is 3.30. The van der Waals surface area contributed by atoms with Crippen LogP contribution < -0.4 is 15.8 Å². The molecule has 0 aliphatic carbocycles. The summed E-state index contributed by atoms with van der Waals surface area (Å²) in [6.45, 7) is 1.22. The number of hydrogen-bond donors (Lipinski definition) is 1. The normalized spacial score (nSPS) is 14.6. The van der Waals surface area contributed by atoms with E-state index in [1.54, 1.807) is 16.7 Å². The highest BCUT2D eigenvalue weighted by Crippen LogP contribution is 2.27. The molecule has 1 N–H and O–H groups in total. The maximum Gasteiger partial charge on any atom is 0.277 e. The Morgan fingerprint density at radius 2 is 1.75 bits per heavy atom. The van der Waals surface area contributed by atoms with Crippen molar-refractivity contribution in [2.24, 2.45) is 5.92 Å². The van der Waals surface area contributed by atoms with Crippen molar-refractivity contribution in [3.8, 4) is 5.69 Å². The lowest BCUT2D eigenvalue weighted by atomic mass is 9.96. The third-order valence-electron chi connectivity index (χ3n) is 5.74. The predicted molar refractivity (Wildman–Crippen MR) is 125 cm³/mol. The summed E-state index contributed by atoms with van der Waals surface area (Å²) in [7, 11) is 0. The van der Waals surface area contributed by atoms with E-state index in [1.165, 1.54) is 23.5 Å². The lowest BCUT2D eigenvalue weighted by Gasteiger charge is -2.33. The minimum absolute atomic E-state index is 0.0713. The Morgan fingerprint density at radius 1 is 1.03 bits per heavy atom. The minimum atomic E-state index is -0.337. The number of hydrogen-bond acceptors (Lipinski definition) is 5. The summed E-state index contributed by atoms with van der Waals surface area (Å²) >= 11 is 1.39. The number of aromatic nitrogens is 2. The van der Waals surface area contributed by atoms with Crippen molar-refractivity contribution in [3.05, 3.63) is 82.2 Å². The Labute approximate surface area is 187 Å². The second-order valence-electron chi connectivity index (χ2n) is 7.78. The Balaban J connectivity index is 1.38. The molecule has 0 atom stereocenters. The quantitative estimate of drug-likeness (QED) is 0.501. The van der Waals surface area contributed by atoms with Crippen molar-refractivity contribution < 1.29 is 9.18 Å². The second-order valence-corrected chi connectivity index (χ2v) is 8.70. The van der Waals surface area contributed by atoms with E-state index in [0.717, 1.165) is 5.69 Å². The molecule has 2 aromatic heterocycles. The van der Waals surface area contributed by atoms with Crippen molar-refractivity contribution in [3.63, 3.8) is 0 Å². The van der Waals surface area contributed by atoms with Crippen LogP contribution in [-0.4, -0.2) is 28.5 Å². The smallest absolute Gasteiger partial charge is 0.277 e. The molecular formula is C24H21FN4O2S. The summed E-state index contributed by atoms with van der Waals surface area (Å²) in [5.41, 5.74) is 1.97. The van der Waals surface area contributed by atoms with Crippen LogP contribution in [0.4, 0.5) is 16.0 Å². The zero-order valence-electron chi connectivity index (χ0n) is 17.2. The molecule has 1 fully saturated rings. The number of piperidine rings is 1. The number of carbonyl (C=O) groups excluding carboxylic acids is 1. The molecule has 5 rings (SSSR count). The van der Waals surface area contributed by atoms with Gasteiger partial charge in [0, 0.05) is 24.7 Å². The van der Waals surface area contributed by atoms with Gasteiger partial charge in [0.05, 0.1) is 11.2 Å². The molecule has 0 spiro atoms. The molecule has 4 aromatic rings. The van der Waals surface area contributed by atoms with Crippen LogP contribution >= 0.6 is 11.3 Å². The van der Waals surface area contributed by atoms with Gasteiger partial charge in [-0.05, 0) is 60.7 Å². The molecule has 6 nitrogen and oxygen atoms in total. The van der Waals surface area contributed by atoms with Crippen molar-refractivity contribution >= 4 is 39.1 Å². The van der Waals surface area contributed by atoms with E-state index < -0.39 is 0 Å². The van der Waals surface area contributed by atoms with Gasteiger partial charge in [-0.2, -0.15) is 0 Å². The lowest BCUT2D eigenvalue weighted by Crippen LogP contribution is -2.41. The monoisotopic (exact) mass is 448 g/mol. The molecule has 1 aliphatic heterocycles. The standard InChI is InChI=1S/C24H21FN4O2S/c25-17-6-8-18(9-7-17)26-22(30)16-10-13-28(14-11-16)24-27-20-12-15-32-21(20)23(31)29(24)19-4-2-1-3-5-19/h1-9,12,15-16H,10-11,13-14H2,(H,26,30). The first-order valence-corrected chi connectivity index (χ1v) is 11.4. The van der Waals surface area contributed by atoms with Gasteiger partial charge in [-0.15, -0.1) is 11.3 Å². The molecule has 8 heteroatoms. The molecule has 0 bridgehead atoms. The van der Waals surface area contributed by atoms with Crippen LogP contribution in [0.15, 0.2) is 70.8 Å². The largest absolute Gasteiger partial charge is 0.342 e. The summed E-state index contributed by atoms with van der Waals surface area (Å²) in [5.74, 6) is 0.0383. The second kappa shape index (κ2) is 8.55. The van der Waals surface area contributed by atoms with Gasteiger partial charge >= 0.3 is 0 Å². The molecule has 162 valence electrons. The lowest BCUT2D eigenvalue weighted by molar-refractivity contribution is -0.120. The number of para-hydroxylation sites is 1. The average molecular weight is 449 g/mol. The highest BCUT2D eigenvalue weighted by molar-refractivity contribution is 7.17. The van der Waals surface area contributed by atoms with E-state index in [9.17, 15) is 14.0 Å². The fourth-order valence-corrected chi connectivity index (χ4v) is 4.80. The third kappa shape index (κ3) is 3.89. The van der Waals surface area contributed by atoms with Gasteiger partial charge < -0.3 is 10.2 Å². The minimum Gasteiger partial charge on any atom is -0.342 e. The van der Waals surface area contributed by atoms with Crippen LogP contribution in [0.5, 0.6) is 0 Å². The van der Waals surface area contributed by atoms with E-state index in [-0.39, 0.29) is 23.2 Å². The molecule has 0 saturated carbocycles. The molecule has 0 radical (unpaired) electrons. The fraction of sp³-hybridized carbons (Fsp3) is 0.208. The van der Waals surface area contributed by atoms with Gasteiger partial charge in [0.15, 0.2) is 0 Å². The molecular weight excluding hydrogens is 427 g/mol. The third-order valence-corrected chi connectivity index (χ3v) is 6.63. The summed E-state index contributed by atoms with van der Waals surface area (Å²) < 4.78 is 15.4. The number of amides is 1. The predicted octanol–water partition coefficient (Wildman–Crippen LogP) is 4.44. The van der Waals surface area contributed by atoms with Gasteiger partial charge in [0.2, 0.25) is 11.9 Å². The van der Waals surface area contributed by atoms with Gasteiger partial charge in [-0.1, -0.05) is 18.2 Å². The van der Waals surface area contributed by atoms with Crippen LogP contribution in [0.2, 0.25) is 0 Å². The SMILES string of the molecule is O=C(Nc1ccc(F)cc1)C1CCN(c2nc3ccsc3c(=O)n2-c2ccccc2)CC1. The molecule has 1 amide bonds. The van der Waals surface area contributed by atoms with Gasteiger partial charge in [-0.25, -0.2) is 13.9 Å². The van der Waals surface area contributed by atoms with E-state index in [2.05, 4.69) is 10.2 Å². The Bertz CT molecular complexity index is 1310. The topological polar surface area (TPSA) is 67.2 Å². The number of carbonyl (C=O) groups is 1. The van der Waals surface area contributed by atoms with Crippen molar-refractivity contribution in [1.82, 2.24) is 9.55 Å². The van der Waals surface area contributed by atoms with Gasteiger partial charge in [-0.3, -0.25) is 9.59 Å². The number of nitrogens with zero attached hydrogens (tertiary/aromatic N) is 3. The Kier molecular flexibility index (Phi) is 5.45. The summed E-state index contributed by atoms with van der Waals surface area (Å²) in [5, 5.41) is 4.75. The number of nitrogens with one attached hydrogen (secondary N) is 1. The summed E-state index contributed by atoms with van der Waals surface area (Å²) in [6.07, 6.45) is 1.28. The van der Waals surface area contributed by atoms with Crippen molar-refractivity contribution in [2.45, 2.75) is 12.8 Å². The first kappa shape index (κ1) is 20.4. The maximum absolute atomic E-state index is 13.3. The number of rotatable bonds is 4. The Hall–Kier alpha value is -3.52. The van der Waals surface area contributed by atoms with E-state index >= 15 is 0 Å². The number of thiophene rings is 1. The van der Waals surface area contributed by atoms with Crippen LogP contribution in [0, 0.1) is 11.7 Å². The summed E-state index contributed by atoms with van der Waals surface area (Å²) in [4.78, 5) is 32.8. The van der Waals surface area contributed by atoms with Crippen LogP contribution in [-0.2, 0) is 4.79 Å². The number of benzene rings is 2. The molecule has 3 heterocycles. The van der Waals surface area contributed by atoms with E-state index in [4.69, 9.17) is 4.98 Å². The maximum atomic E-state index is 13.3. The molecule has 32 heavy (non-hydrogen) atoms. The highest BCUT2D eigenvalue weighted by atomic mass is 32.1. The van der Waals surface area contributed by atoms with Crippen molar-refractivity contribution in [1.29, 1.82) is 0 Å². The highest BCUT2D eigenvalue weighted by Gasteiger charge is 2.28. The molecule has 2 aromatic carbocycles. The number of halogens is 1. The van der Waals surface area contributed by atoms with Crippen LogP contribution in [0.3, 0.4) is 0 Å². The first-order valence-electron chi connectivity index (χ1n) is 10.5. The molecule has 0 unspecified atom stereocenters. The first-order chi connectivity index (χ1) is 15.6. The number of anilines is 2. The number of fused-ring (bicyclic) bond motifs is 1. The summed E-state index contributed by atoms with van der Waals surface area (Å²) in [6, 6.07) is 17.1. The van der Waals surface area contributed by atoms with Crippen molar-refractivity contribution in [2.75, 3.05) is 23.3 Å². The molecule has 1 aliphatic rings. The van der Waals surface area contributed by atoms with Gasteiger partial charge in [0.1, 0.15) is 10.5 Å². The van der Waals surface area contributed by atoms with Crippen LogP contribution in [0.25, 0.3) is 15.9 Å². The zero-order valence-corrected chi connectivity index (χ0v) is 18.0. The fourth-order valence-electron chi connectivity index (χ4n) is 4.04. The van der Waals surface area contributed by atoms with E-state index in [0.29, 0.717) is 47.8 Å². The van der Waals surface area contributed by atoms with Crippen LogP contribution in [0.1, 0.15) is 12.8 Å². The Morgan fingerprint density at radius 3 is 2.47 bits per heavy atom.